The van der Waals surface area contributed by atoms with Gasteiger partial charge in [0, 0.05) is 0 Å². The van der Waals surface area contributed by atoms with Crippen LogP contribution in [0.4, 0.5) is 0 Å². The average Bonchev–Trinajstić information content (AvgIpc) is 2.66. The van der Waals surface area contributed by atoms with Gasteiger partial charge in [-0.05, 0) is 14.1 Å². The number of benzene rings is 1. The van der Waals surface area contributed by atoms with Gasteiger partial charge in [-0.15, -0.1) is 36.2 Å². The van der Waals surface area contributed by atoms with Crippen molar-refractivity contribution in [3.63, 3.8) is 0 Å². The van der Waals surface area contributed by atoms with E-state index in [0.717, 1.165) is 6.54 Å². The second-order valence-electron chi connectivity index (χ2n) is 3.46. The number of halogens is 2. The van der Waals surface area contributed by atoms with Crippen LogP contribution in [0.25, 0.3) is 10.8 Å². The van der Waals surface area contributed by atoms with Crippen molar-refractivity contribution in [2.45, 2.75) is 0 Å². The van der Waals surface area contributed by atoms with Crippen LogP contribution < -0.4 is 24.8 Å². The van der Waals surface area contributed by atoms with Gasteiger partial charge in [0.05, 0.1) is 0 Å². The van der Waals surface area contributed by atoms with Crippen LogP contribution in [0, 0.1) is 6.92 Å². The Morgan fingerprint density at radius 1 is 1.12 bits per heavy atom. The third-order valence-electron chi connectivity index (χ3n) is 1.99. The van der Waals surface area contributed by atoms with Crippen LogP contribution >= 0.6 is 0 Å². The van der Waals surface area contributed by atoms with Crippen LogP contribution in [0.3, 0.4) is 0 Å². The average molecular weight is 306 g/mol. The van der Waals surface area contributed by atoms with Crippen molar-refractivity contribution in [1.82, 2.24) is 4.90 Å². The minimum absolute atomic E-state index is 0. The zero-order chi connectivity index (χ0) is 10.4. The van der Waals surface area contributed by atoms with Gasteiger partial charge < -0.3 is 36.6 Å². The first-order valence-electron chi connectivity index (χ1n) is 4.78. The maximum absolute atomic E-state index is 3.61. The van der Waals surface area contributed by atoms with E-state index in [-0.39, 0.29) is 46.5 Å². The first kappa shape index (κ1) is 22.3. The molecule has 0 aromatic heterocycles. The maximum atomic E-state index is 3.61. The molecule has 0 bridgehead atoms. The Kier molecular flexibility index (Phi) is 16.4. The van der Waals surface area contributed by atoms with Gasteiger partial charge in [-0.3, -0.25) is 0 Å². The van der Waals surface area contributed by atoms with Crippen molar-refractivity contribution in [3.8, 4) is 0 Å². The molecule has 0 spiro atoms. The summed E-state index contributed by atoms with van der Waals surface area (Å²) >= 11 is 0. The molecule has 0 N–H and O–H groups in total. The molecule has 4 heteroatoms. The molecule has 17 heavy (non-hydrogen) atoms. The summed E-state index contributed by atoms with van der Waals surface area (Å²) in [6.45, 7) is 4.50. The molecule has 0 unspecified atom stereocenters. The minimum atomic E-state index is 0. The smallest absolute Gasteiger partial charge is 1.00 e. The van der Waals surface area contributed by atoms with Crippen LogP contribution in [0.15, 0.2) is 42.5 Å². The first-order valence-corrected chi connectivity index (χ1v) is 4.78. The summed E-state index contributed by atoms with van der Waals surface area (Å²) in [5.74, 6) is 0. The molecule has 0 atom stereocenters. The molecule has 0 amide bonds. The summed E-state index contributed by atoms with van der Waals surface area (Å²) in [4.78, 5) is 2.01. The molecule has 2 rings (SSSR count). The standard InChI is InChI=1S/C9H7.C4H10N.2ClH.Ti/c1-2-5-9-7-3-6-8(9)4-1;1-4-5(2)3;;;/h1-7H;1,4H2,2-3H3;2*1H;/q2*-1;;;+4/p-2. The fourth-order valence-electron chi connectivity index (χ4n) is 1.07. The third kappa shape index (κ3) is 8.76. The maximum Gasteiger partial charge on any atom is 4.00 e. The molecule has 1 nitrogen and oxygen atoms in total. The zero-order valence-corrected chi connectivity index (χ0v) is 13.2. The van der Waals surface area contributed by atoms with E-state index in [1.165, 1.54) is 10.8 Å². The van der Waals surface area contributed by atoms with E-state index in [4.69, 9.17) is 0 Å². The molecular formula is C13H17Cl2NTi. The summed E-state index contributed by atoms with van der Waals surface area (Å²) in [5, 5.41) is 2.66. The van der Waals surface area contributed by atoms with Gasteiger partial charge in [0.15, 0.2) is 0 Å². The van der Waals surface area contributed by atoms with E-state index >= 15 is 0 Å². The molecule has 0 saturated carbocycles. The van der Waals surface area contributed by atoms with Crippen molar-refractivity contribution in [3.05, 3.63) is 49.4 Å². The van der Waals surface area contributed by atoms with Crippen molar-refractivity contribution in [2.75, 3.05) is 20.6 Å². The Balaban J connectivity index is -0.000000222. The van der Waals surface area contributed by atoms with E-state index in [9.17, 15) is 0 Å². The van der Waals surface area contributed by atoms with E-state index in [0.29, 0.717) is 0 Å². The number of rotatable bonds is 1. The molecule has 2 aromatic carbocycles. The van der Waals surface area contributed by atoms with Gasteiger partial charge in [-0.2, -0.15) is 17.5 Å². The fourth-order valence-corrected chi connectivity index (χ4v) is 1.07. The van der Waals surface area contributed by atoms with E-state index in [1.54, 1.807) is 0 Å². The number of hydrogen-bond acceptors (Lipinski definition) is 1. The number of hydrogen-bond donors (Lipinski definition) is 0. The Bertz CT molecular complexity index is 344. The minimum Gasteiger partial charge on any atom is -1.00 e. The molecule has 0 aliphatic rings. The molecule has 0 heterocycles. The van der Waals surface area contributed by atoms with E-state index < -0.39 is 0 Å². The van der Waals surface area contributed by atoms with Crippen LogP contribution in [0.1, 0.15) is 0 Å². The summed E-state index contributed by atoms with van der Waals surface area (Å²) in [6, 6.07) is 14.7. The van der Waals surface area contributed by atoms with Gasteiger partial charge >= 0.3 is 21.7 Å². The summed E-state index contributed by atoms with van der Waals surface area (Å²) in [5.41, 5.74) is 0. The van der Waals surface area contributed by atoms with Crippen LogP contribution in [0.2, 0.25) is 0 Å². The fraction of sp³-hybridized carbons (Fsp3) is 0.231. The number of nitrogens with zero attached hydrogens (tertiary/aromatic N) is 1. The van der Waals surface area contributed by atoms with Crippen molar-refractivity contribution in [2.24, 2.45) is 0 Å². The molecule has 0 radical (unpaired) electrons. The Labute approximate surface area is 132 Å². The topological polar surface area (TPSA) is 3.24 Å². The van der Waals surface area contributed by atoms with Crippen molar-refractivity contribution in [1.29, 1.82) is 0 Å². The first-order chi connectivity index (χ1) is 6.74. The molecule has 0 saturated heterocycles. The Morgan fingerprint density at radius 3 is 2.12 bits per heavy atom. The van der Waals surface area contributed by atoms with E-state index in [2.05, 4.69) is 49.4 Å². The summed E-state index contributed by atoms with van der Waals surface area (Å²) in [6.07, 6.45) is 0. The molecule has 0 fully saturated rings. The quantitative estimate of drug-likeness (QED) is 0.400. The van der Waals surface area contributed by atoms with Crippen molar-refractivity contribution < 1.29 is 46.5 Å². The third-order valence-corrected chi connectivity index (χ3v) is 1.99. The molecular weight excluding hydrogens is 289 g/mol. The van der Waals surface area contributed by atoms with Crippen molar-refractivity contribution >= 4 is 10.8 Å². The molecule has 0 aliphatic carbocycles. The normalized spacial score (nSPS) is 8.24. The van der Waals surface area contributed by atoms with Gasteiger partial charge in [0.2, 0.25) is 0 Å². The van der Waals surface area contributed by atoms with Crippen LogP contribution in [0.5, 0.6) is 0 Å². The zero-order valence-electron chi connectivity index (χ0n) is 10.2. The molecule has 0 aliphatic heterocycles. The molecule has 92 valence electrons. The summed E-state index contributed by atoms with van der Waals surface area (Å²) < 4.78 is 0. The van der Waals surface area contributed by atoms with Crippen LogP contribution in [-0.4, -0.2) is 25.5 Å². The monoisotopic (exact) mass is 305 g/mol. The number of fused-ring (bicyclic) bond motifs is 1. The molecule has 2 aromatic rings. The van der Waals surface area contributed by atoms with Crippen LogP contribution in [-0.2, 0) is 21.7 Å². The largest absolute Gasteiger partial charge is 4.00 e. The predicted molar refractivity (Wildman–Crippen MR) is 63.5 cm³/mol. The van der Waals surface area contributed by atoms with Gasteiger partial charge in [0.25, 0.3) is 0 Å². The SMILES string of the molecule is [CH2-]CN(C)C.[Cl-].[Cl-].[Ti+4].c1ccc2[cH-]ccc2c1. The van der Waals surface area contributed by atoms with Gasteiger partial charge in [0.1, 0.15) is 0 Å². The predicted octanol–water partition coefficient (Wildman–Crippen LogP) is -3.05. The Morgan fingerprint density at radius 2 is 1.65 bits per heavy atom. The summed E-state index contributed by atoms with van der Waals surface area (Å²) in [7, 11) is 3.99. The second kappa shape index (κ2) is 12.5. The van der Waals surface area contributed by atoms with Gasteiger partial charge in [-0.1, -0.05) is 6.07 Å². The Hall–Kier alpha value is 0.0843. The van der Waals surface area contributed by atoms with E-state index in [1.807, 2.05) is 19.0 Å². The second-order valence-corrected chi connectivity index (χ2v) is 3.46. The van der Waals surface area contributed by atoms with Gasteiger partial charge in [-0.25, -0.2) is 0 Å².